The van der Waals surface area contributed by atoms with Gasteiger partial charge in [0.15, 0.2) is 0 Å². The van der Waals surface area contributed by atoms with Crippen molar-refractivity contribution in [3.8, 4) is 0 Å². The number of hydrogen-bond donors (Lipinski definition) is 1. The molecule has 1 aromatic carbocycles. The smallest absolute Gasteiger partial charge is 0.251 e. The fourth-order valence-corrected chi connectivity index (χ4v) is 2.31. The highest BCUT2D eigenvalue weighted by Gasteiger charge is 2.17. The molecule has 0 aliphatic rings. The Hall–Kier alpha value is -0.900. The van der Waals surface area contributed by atoms with Gasteiger partial charge in [-0.3, -0.25) is 4.79 Å². The van der Waals surface area contributed by atoms with Crippen LogP contribution in [-0.4, -0.2) is 17.3 Å². The summed E-state index contributed by atoms with van der Waals surface area (Å²) in [6.07, 6.45) is 0.879. The third-order valence-electron chi connectivity index (χ3n) is 2.97. The van der Waals surface area contributed by atoms with Gasteiger partial charge in [0.1, 0.15) is 5.82 Å². The van der Waals surface area contributed by atoms with Gasteiger partial charge in [-0.15, -0.1) is 0 Å². The second-order valence-electron chi connectivity index (χ2n) is 4.76. The SMILES string of the molecule is Cc1cc(F)ccc1C(=O)NC(CCBr)C(C)C. The minimum atomic E-state index is -0.315. The molecule has 1 N–H and O–H groups in total. The molecule has 1 rings (SSSR count). The number of halogens is 2. The fourth-order valence-electron chi connectivity index (χ4n) is 1.82. The molecule has 1 atom stereocenters. The molecule has 1 unspecified atom stereocenters. The summed E-state index contributed by atoms with van der Waals surface area (Å²) in [5.41, 5.74) is 1.20. The van der Waals surface area contributed by atoms with Crippen molar-refractivity contribution in [1.82, 2.24) is 5.32 Å². The third kappa shape index (κ3) is 4.09. The largest absolute Gasteiger partial charge is 0.349 e. The molecule has 0 aliphatic heterocycles. The van der Waals surface area contributed by atoms with Crippen LogP contribution in [0.5, 0.6) is 0 Å². The molecular weight excluding hydrogens is 297 g/mol. The summed E-state index contributed by atoms with van der Waals surface area (Å²) in [6.45, 7) is 5.89. The monoisotopic (exact) mass is 315 g/mol. The molecule has 100 valence electrons. The molecule has 18 heavy (non-hydrogen) atoms. The van der Waals surface area contributed by atoms with Crippen molar-refractivity contribution in [2.75, 3.05) is 5.33 Å². The molecule has 0 fully saturated rings. The second kappa shape index (κ2) is 6.88. The Morgan fingerprint density at radius 1 is 1.44 bits per heavy atom. The minimum Gasteiger partial charge on any atom is -0.349 e. The summed E-state index contributed by atoms with van der Waals surface area (Å²) in [5, 5.41) is 3.85. The lowest BCUT2D eigenvalue weighted by Crippen LogP contribution is -2.39. The maximum absolute atomic E-state index is 13.0. The van der Waals surface area contributed by atoms with Crippen LogP contribution >= 0.6 is 15.9 Å². The molecule has 2 nitrogen and oxygen atoms in total. The molecular formula is C14H19BrFNO. The van der Waals surface area contributed by atoms with Crippen molar-refractivity contribution in [3.05, 3.63) is 35.1 Å². The number of alkyl halides is 1. The van der Waals surface area contributed by atoms with Crippen molar-refractivity contribution >= 4 is 21.8 Å². The lowest BCUT2D eigenvalue weighted by Gasteiger charge is -2.22. The fraction of sp³-hybridized carbons (Fsp3) is 0.500. The summed E-state index contributed by atoms with van der Waals surface area (Å²) >= 11 is 3.39. The molecule has 0 aromatic heterocycles. The quantitative estimate of drug-likeness (QED) is 0.825. The molecule has 0 aliphatic carbocycles. The standard InChI is InChI=1S/C14H19BrFNO/c1-9(2)13(6-7-15)17-14(18)12-5-4-11(16)8-10(12)3/h4-5,8-9,13H,6-7H2,1-3H3,(H,17,18). The average molecular weight is 316 g/mol. The van der Waals surface area contributed by atoms with E-state index in [4.69, 9.17) is 0 Å². The Labute approximate surface area is 116 Å². The van der Waals surface area contributed by atoms with Crippen LogP contribution in [0.3, 0.4) is 0 Å². The predicted molar refractivity (Wildman–Crippen MR) is 75.6 cm³/mol. The van der Waals surface area contributed by atoms with Crippen molar-refractivity contribution in [1.29, 1.82) is 0 Å². The van der Waals surface area contributed by atoms with E-state index in [0.29, 0.717) is 17.0 Å². The maximum Gasteiger partial charge on any atom is 0.251 e. The van der Waals surface area contributed by atoms with Crippen LogP contribution in [-0.2, 0) is 0 Å². The van der Waals surface area contributed by atoms with Crippen LogP contribution < -0.4 is 5.32 Å². The van der Waals surface area contributed by atoms with E-state index in [1.54, 1.807) is 6.92 Å². The third-order valence-corrected chi connectivity index (χ3v) is 3.43. The Morgan fingerprint density at radius 3 is 2.61 bits per heavy atom. The predicted octanol–water partition coefficient (Wildman–Crippen LogP) is 3.67. The van der Waals surface area contributed by atoms with E-state index in [1.165, 1.54) is 18.2 Å². The number of amides is 1. The van der Waals surface area contributed by atoms with E-state index in [-0.39, 0.29) is 17.8 Å². The Kier molecular flexibility index (Phi) is 5.79. The summed E-state index contributed by atoms with van der Waals surface area (Å²) in [7, 11) is 0. The first-order chi connectivity index (χ1) is 8.45. The normalized spacial score (nSPS) is 12.6. The number of nitrogens with one attached hydrogen (secondary N) is 1. The van der Waals surface area contributed by atoms with Gasteiger partial charge < -0.3 is 5.32 Å². The van der Waals surface area contributed by atoms with Gasteiger partial charge in [-0.1, -0.05) is 29.8 Å². The van der Waals surface area contributed by atoms with E-state index in [9.17, 15) is 9.18 Å². The molecule has 0 bridgehead atoms. The van der Waals surface area contributed by atoms with Gasteiger partial charge in [0.25, 0.3) is 5.91 Å². The summed E-state index contributed by atoms with van der Waals surface area (Å²) < 4.78 is 13.0. The van der Waals surface area contributed by atoms with Crippen LogP contribution in [0.25, 0.3) is 0 Å². The summed E-state index contributed by atoms with van der Waals surface area (Å²) in [4.78, 5) is 12.1. The zero-order valence-corrected chi connectivity index (χ0v) is 12.6. The second-order valence-corrected chi connectivity index (χ2v) is 5.55. The first kappa shape index (κ1) is 15.2. The maximum atomic E-state index is 13.0. The number of rotatable bonds is 5. The molecule has 4 heteroatoms. The molecule has 0 saturated heterocycles. The Morgan fingerprint density at radius 2 is 2.11 bits per heavy atom. The van der Waals surface area contributed by atoms with Crippen LogP contribution in [0.15, 0.2) is 18.2 Å². The van der Waals surface area contributed by atoms with Crippen LogP contribution in [0.1, 0.15) is 36.2 Å². The molecule has 0 spiro atoms. The summed E-state index contributed by atoms with van der Waals surface area (Å²) in [6, 6.07) is 4.35. The number of carbonyl (C=O) groups is 1. The molecule has 1 aromatic rings. The van der Waals surface area contributed by atoms with Gasteiger partial charge >= 0.3 is 0 Å². The van der Waals surface area contributed by atoms with Gasteiger partial charge in [-0.05, 0) is 43.0 Å². The van der Waals surface area contributed by atoms with E-state index >= 15 is 0 Å². The van der Waals surface area contributed by atoms with Crippen molar-refractivity contribution in [3.63, 3.8) is 0 Å². The summed E-state index contributed by atoms with van der Waals surface area (Å²) in [5.74, 6) is -0.0793. The van der Waals surface area contributed by atoms with Crippen molar-refractivity contribution < 1.29 is 9.18 Å². The van der Waals surface area contributed by atoms with Gasteiger partial charge in [0.2, 0.25) is 0 Å². The minimum absolute atomic E-state index is 0.126. The van der Waals surface area contributed by atoms with Gasteiger partial charge in [0, 0.05) is 16.9 Å². The van der Waals surface area contributed by atoms with Gasteiger partial charge in [0.05, 0.1) is 0 Å². The van der Waals surface area contributed by atoms with Crippen molar-refractivity contribution in [2.24, 2.45) is 5.92 Å². The number of aryl methyl sites for hydroxylation is 1. The lowest BCUT2D eigenvalue weighted by molar-refractivity contribution is 0.0924. The molecule has 0 saturated carbocycles. The number of benzene rings is 1. The Bertz CT molecular complexity index is 420. The van der Waals surface area contributed by atoms with Crippen LogP contribution in [0.2, 0.25) is 0 Å². The lowest BCUT2D eigenvalue weighted by atomic mass is 10.0. The zero-order chi connectivity index (χ0) is 13.7. The van der Waals surface area contributed by atoms with E-state index in [0.717, 1.165) is 11.8 Å². The highest BCUT2D eigenvalue weighted by Crippen LogP contribution is 2.13. The van der Waals surface area contributed by atoms with Gasteiger partial charge in [-0.25, -0.2) is 4.39 Å². The topological polar surface area (TPSA) is 29.1 Å². The van der Waals surface area contributed by atoms with Crippen LogP contribution in [0, 0.1) is 18.7 Å². The van der Waals surface area contributed by atoms with E-state index in [1.807, 2.05) is 0 Å². The first-order valence-electron chi connectivity index (χ1n) is 6.08. The first-order valence-corrected chi connectivity index (χ1v) is 7.20. The number of carbonyl (C=O) groups excluding carboxylic acids is 1. The average Bonchev–Trinajstić information content (AvgIpc) is 2.27. The number of hydrogen-bond acceptors (Lipinski definition) is 1. The van der Waals surface area contributed by atoms with E-state index < -0.39 is 0 Å². The Balaban J connectivity index is 2.80. The zero-order valence-electron chi connectivity index (χ0n) is 11.0. The van der Waals surface area contributed by atoms with Gasteiger partial charge in [-0.2, -0.15) is 0 Å². The van der Waals surface area contributed by atoms with E-state index in [2.05, 4.69) is 35.1 Å². The highest BCUT2D eigenvalue weighted by molar-refractivity contribution is 9.09. The molecule has 0 radical (unpaired) electrons. The van der Waals surface area contributed by atoms with Crippen molar-refractivity contribution in [2.45, 2.75) is 33.2 Å². The van der Waals surface area contributed by atoms with Crippen LogP contribution in [0.4, 0.5) is 4.39 Å². The molecule has 0 heterocycles. The molecule has 1 amide bonds. The highest BCUT2D eigenvalue weighted by atomic mass is 79.9.